The monoisotopic (exact) mass is 283 g/mol. The van der Waals surface area contributed by atoms with Gasteiger partial charge in [-0.1, -0.05) is 30.0 Å². The predicted molar refractivity (Wildman–Crippen MR) is 79.4 cm³/mol. The molecule has 21 heavy (non-hydrogen) atoms. The van der Waals surface area contributed by atoms with Gasteiger partial charge in [0.2, 0.25) is 0 Å². The summed E-state index contributed by atoms with van der Waals surface area (Å²) < 4.78 is 1.60. The summed E-state index contributed by atoms with van der Waals surface area (Å²) in [5, 5.41) is 12.9. The number of aryl methyl sites for hydroxylation is 1. The number of benzene rings is 1. The molecular weight excluding hydrogens is 266 g/mol. The van der Waals surface area contributed by atoms with E-state index in [1.54, 1.807) is 35.9 Å². The average molecular weight is 283 g/mol. The molecule has 0 spiro atoms. The first-order chi connectivity index (χ1) is 10.1. The third-order valence-electron chi connectivity index (χ3n) is 3.01. The van der Waals surface area contributed by atoms with Crippen LogP contribution in [0.1, 0.15) is 21.6 Å². The van der Waals surface area contributed by atoms with Crippen molar-refractivity contribution in [2.75, 3.05) is 13.7 Å². The van der Waals surface area contributed by atoms with Crippen LogP contribution < -0.4 is 0 Å². The summed E-state index contributed by atoms with van der Waals surface area (Å²) in [5.74, 6) is 5.38. The van der Waals surface area contributed by atoms with Gasteiger partial charge in [0, 0.05) is 32.4 Å². The fraction of sp³-hybridized carbons (Fsp3) is 0.250. The van der Waals surface area contributed by atoms with Gasteiger partial charge in [-0.2, -0.15) is 5.10 Å². The van der Waals surface area contributed by atoms with Crippen LogP contribution in [0.15, 0.2) is 36.5 Å². The second-order valence-corrected chi connectivity index (χ2v) is 4.65. The Morgan fingerprint density at radius 2 is 2.14 bits per heavy atom. The predicted octanol–water partition coefficient (Wildman–Crippen LogP) is 1.04. The number of carbonyl (C=O) groups excluding carboxylic acids is 1. The quantitative estimate of drug-likeness (QED) is 0.856. The number of aliphatic hydroxyl groups excluding tert-OH is 1. The highest BCUT2D eigenvalue weighted by Crippen LogP contribution is 2.11. The second kappa shape index (κ2) is 6.73. The molecule has 1 aromatic heterocycles. The molecule has 2 aromatic rings. The maximum absolute atomic E-state index is 12.3. The second-order valence-electron chi connectivity index (χ2n) is 4.65. The van der Waals surface area contributed by atoms with E-state index in [2.05, 4.69) is 16.9 Å². The highest BCUT2D eigenvalue weighted by molar-refractivity contribution is 5.92. The lowest BCUT2D eigenvalue weighted by Crippen LogP contribution is -2.27. The minimum atomic E-state index is -0.183. The van der Waals surface area contributed by atoms with Crippen LogP contribution in [0.4, 0.5) is 0 Å². The van der Waals surface area contributed by atoms with Crippen molar-refractivity contribution >= 4 is 5.91 Å². The number of aliphatic hydroxyl groups is 1. The zero-order chi connectivity index (χ0) is 15.2. The van der Waals surface area contributed by atoms with Crippen LogP contribution in [0.5, 0.6) is 0 Å². The van der Waals surface area contributed by atoms with Gasteiger partial charge < -0.3 is 10.0 Å². The van der Waals surface area contributed by atoms with Crippen molar-refractivity contribution < 1.29 is 9.90 Å². The van der Waals surface area contributed by atoms with Crippen molar-refractivity contribution in [2.45, 2.75) is 6.54 Å². The lowest BCUT2D eigenvalue weighted by Gasteiger charge is -2.17. The van der Waals surface area contributed by atoms with Gasteiger partial charge in [-0.15, -0.1) is 0 Å². The first kappa shape index (κ1) is 14.8. The van der Waals surface area contributed by atoms with E-state index in [1.165, 1.54) is 0 Å². The Morgan fingerprint density at radius 3 is 2.81 bits per heavy atom. The van der Waals surface area contributed by atoms with Crippen LogP contribution in [0.25, 0.3) is 0 Å². The summed E-state index contributed by atoms with van der Waals surface area (Å²) in [6.45, 7) is 0.253. The molecule has 0 radical (unpaired) electrons. The van der Waals surface area contributed by atoms with E-state index in [-0.39, 0.29) is 12.5 Å². The normalized spacial score (nSPS) is 9.86. The fourth-order valence-electron chi connectivity index (χ4n) is 1.97. The van der Waals surface area contributed by atoms with Crippen molar-refractivity contribution in [1.82, 2.24) is 14.7 Å². The third-order valence-corrected chi connectivity index (χ3v) is 3.01. The van der Waals surface area contributed by atoms with Crippen molar-refractivity contribution in [3.63, 3.8) is 0 Å². The van der Waals surface area contributed by atoms with E-state index in [0.29, 0.717) is 12.2 Å². The van der Waals surface area contributed by atoms with Gasteiger partial charge in [-0.05, 0) is 17.7 Å². The van der Waals surface area contributed by atoms with Crippen LogP contribution in [-0.4, -0.2) is 39.3 Å². The number of rotatable bonds is 3. The molecule has 1 amide bonds. The number of aromatic nitrogens is 2. The highest BCUT2D eigenvalue weighted by Gasteiger charge is 2.15. The molecule has 1 aromatic carbocycles. The first-order valence-electron chi connectivity index (χ1n) is 6.54. The summed E-state index contributed by atoms with van der Waals surface area (Å²) in [4.78, 5) is 13.9. The summed E-state index contributed by atoms with van der Waals surface area (Å²) >= 11 is 0. The lowest BCUT2D eigenvalue weighted by atomic mass is 10.1. The molecule has 108 valence electrons. The van der Waals surface area contributed by atoms with Gasteiger partial charge in [0.15, 0.2) is 0 Å². The molecule has 0 aliphatic heterocycles. The van der Waals surface area contributed by atoms with Gasteiger partial charge in [0.25, 0.3) is 5.91 Å². The van der Waals surface area contributed by atoms with Gasteiger partial charge >= 0.3 is 0 Å². The molecule has 1 heterocycles. The molecule has 5 nitrogen and oxygen atoms in total. The van der Waals surface area contributed by atoms with Gasteiger partial charge in [0.05, 0.1) is 0 Å². The van der Waals surface area contributed by atoms with Gasteiger partial charge in [-0.3, -0.25) is 9.48 Å². The topological polar surface area (TPSA) is 58.4 Å². The smallest absolute Gasteiger partial charge is 0.274 e. The molecule has 0 aliphatic rings. The standard InChI is InChI=1S/C16H17N3O2/c1-18(16(21)15-9-10-19(2)17-15)12-14-7-4-3-6-13(14)8-5-11-20/h3-4,6-7,9-10,20H,11-12H2,1-2H3. The molecule has 0 saturated carbocycles. The van der Waals surface area contributed by atoms with E-state index in [0.717, 1.165) is 11.1 Å². The Hall–Kier alpha value is -2.58. The zero-order valence-corrected chi connectivity index (χ0v) is 12.1. The minimum Gasteiger partial charge on any atom is -0.384 e. The Labute approximate surface area is 123 Å². The molecule has 0 aliphatic carbocycles. The summed E-state index contributed by atoms with van der Waals surface area (Å²) in [5.41, 5.74) is 2.16. The molecule has 0 saturated heterocycles. The Bertz CT molecular complexity index is 695. The zero-order valence-electron chi connectivity index (χ0n) is 12.1. The van der Waals surface area contributed by atoms with Gasteiger partial charge in [0.1, 0.15) is 12.3 Å². The van der Waals surface area contributed by atoms with E-state index >= 15 is 0 Å². The molecule has 1 N–H and O–H groups in total. The number of hydrogen-bond acceptors (Lipinski definition) is 3. The van der Waals surface area contributed by atoms with Crippen LogP contribution in [-0.2, 0) is 13.6 Å². The highest BCUT2D eigenvalue weighted by atomic mass is 16.2. The molecule has 0 unspecified atom stereocenters. The minimum absolute atomic E-state index is 0.138. The molecule has 5 heteroatoms. The third kappa shape index (κ3) is 3.71. The maximum Gasteiger partial charge on any atom is 0.274 e. The number of nitrogens with zero attached hydrogens (tertiary/aromatic N) is 3. The lowest BCUT2D eigenvalue weighted by molar-refractivity contribution is 0.0778. The number of hydrogen-bond donors (Lipinski definition) is 1. The van der Waals surface area contributed by atoms with E-state index in [1.807, 2.05) is 24.3 Å². The molecule has 0 bridgehead atoms. The SMILES string of the molecule is CN(Cc1ccccc1C#CCO)C(=O)c1ccn(C)n1. The maximum atomic E-state index is 12.3. The van der Waals surface area contributed by atoms with Crippen molar-refractivity contribution in [3.8, 4) is 11.8 Å². The Morgan fingerprint density at radius 1 is 1.38 bits per heavy atom. The van der Waals surface area contributed by atoms with Crippen LogP contribution in [0.3, 0.4) is 0 Å². The van der Waals surface area contributed by atoms with E-state index < -0.39 is 0 Å². The largest absolute Gasteiger partial charge is 0.384 e. The van der Waals surface area contributed by atoms with Crippen molar-refractivity contribution in [3.05, 3.63) is 53.3 Å². The molecule has 0 atom stereocenters. The van der Waals surface area contributed by atoms with E-state index in [4.69, 9.17) is 5.11 Å². The Kier molecular flexibility index (Phi) is 4.75. The van der Waals surface area contributed by atoms with Crippen LogP contribution in [0.2, 0.25) is 0 Å². The first-order valence-corrected chi connectivity index (χ1v) is 6.54. The van der Waals surface area contributed by atoms with Crippen molar-refractivity contribution in [1.29, 1.82) is 0 Å². The van der Waals surface area contributed by atoms with Crippen molar-refractivity contribution in [2.24, 2.45) is 7.05 Å². The summed E-state index contributed by atoms with van der Waals surface area (Å²) in [6, 6.07) is 9.26. The fourth-order valence-corrected chi connectivity index (χ4v) is 1.97. The average Bonchev–Trinajstić information content (AvgIpc) is 2.92. The van der Waals surface area contributed by atoms with E-state index in [9.17, 15) is 4.79 Å². The van der Waals surface area contributed by atoms with Gasteiger partial charge in [-0.25, -0.2) is 0 Å². The summed E-state index contributed by atoms with van der Waals surface area (Å²) in [6.07, 6.45) is 1.74. The van der Waals surface area contributed by atoms with Crippen LogP contribution >= 0.6 is 0 Å². The summed E-state index contributed by atoms with van der Waals surface area (Å²) in [7, 11) is 3.50. The number of amides is 1. The molecular formula is C16H17N3O2. The molecule has 2 rings (SSSR count). The van der Waals surface area contributed by atoms with Crippen LogP contribution in [0, 0.1) is 11.8 Å². The Balaban J connectivity index is 2.16. The number of carbonyl (C=O) groups is 1. The molecule has 0 fully saturated rings.